The van der Waals surface area contributed by atoms with Crippen LogP contribution in [0.5, 0.6) is 17.2 Å². The van der Waals surface area contributed by atoms with E-state index in [9.17, 15) is 5.11 Å². The van der Waals surface area contributed by atoms with Gasteiger partial charge in [0.1, 0.15) is 0 Å². The molecule has 0 heterocycles. The summed E-state index contributed by atoms with van der Waals surface area (Å²) in [5.74, 6) is 0.559. The maximum absolute atomic E-state index is 9.71. The average molecular weight is 218 g/mol. The molecule has 1 aromatic carbocycles. The van der Waals surface area contributed by atoms with E-state index in [0.29, 0.717) is 16.3 Å². The van der Waals surface area contributed by atoms with Crippen LogP contribution >= 0.6 is 11.6 Å². The lowest BCUT2D eigenvalue weighted by Gasteiger charge is -2.13. The van der Waals surface area contributed by atoms with Gasteiger partial charge in [-0.05, 0) is 0 Å². The van der Waals surface area contributed by atoms with Gasteiger partial charge < -0.3 is 20.3 Å². The largest absolute Gasteiger partial charge is 0.504 e. The van der Waals surface area contributed by atoms with Crippen molar-refractivity contribution >= 4 is 11.6 Å². The highest BCUT2D eigenvalue weighted by molar-refractivity contribution is 6.31. The summed E-state index contributed by atoms with van der Waals surface area (Å²) >= 11 is 5.87. The molecular formula is C9H12ClNO3. The first-order chi connectivity index (χ1) is 6.65. The number of nitrogens with two attached hydrogens (primary N) is 1. The maximum Gasteiger partial charge on any atom is 0.203 e. The van der Waals surface area contributed by atoms with Gasteiger partial charge >= 0.3 is 0 Å². The molecule has 0 atom stereocenters. The summed E-state index contributed by atoms with van der Waals surface area (Å²) in [4.78, 5) is 0. The Labute approximate surface area is 87.2 Å². The summed E-state index contributed by atoms with van der Waals surface area (Å²) in [5.41, 5.74) is 5.87. The molecule has 0 bridgehead atoms. The maximum atomic E-state index is 9.71. The number of rotatable bonds is 3. The van der Waals surface area contributed by atoms with Crippen LogP contribution in [-0.4, -0.2) is 19.3 Å². The molecule has 3 N–H and O–H groups in total. The Balaban J connectivity index is 3.39. The van der Waals surface area contributed by atoms with Crippen LogP contribution in [0.25, 0.3) is 0 Å². The average Bonchev–Trinajstić information content (AvgIpc) is 2.17. The first-order valence-electron chi connectivity index (χ1n) is 3.98. The van der Waals surface area contributed by atoms with E-state index in [0.717, 1.165) is 0 Å². The number of hydrogen-bond acceptors (Lipinski definition) is 4. The van der Waals surface area contributed by atoms with Gasteiger partial charge in [-0.15, -0.1) is 0 Å². The van der Waals surface area contributed by atoms with Crippen molar-refractivity contribution in [3.05, 3.63) is 16.7 Å². The number of methoxy groups -OCH3 is 2. The molecule has 0 unspecified atom stereocenters. The fourth-order valence-electron chi connectivity index (χ4n) is 1.18. The molecule has 1 rings (SSSR count). The van der Waals surface area contributed by atoms with Crippen molar-refractivity contribution in [1.82, 2.24) is 0 Å². The third-order valence-corrected chi connectivity index (χ3v) is 2.24. The van der Waals surface area contributed by atoms with Gasteiger partial charge in [0.05, 0.1) is 19.2 Å². The van der Waals surface area contributed by atoms with Gasteiger partial charge in [0, 0.05) is 18.2 Å². The minimum Gasteiger partial charge on any atom is -0.504 e. The third kappa shape index (κ3) is 1.71. The highest BCUT2D eigenvalue weighted by Gasteiger charge is 2.16. The summed E-state index contributed by atoms with van der Waals surface area (Å²) in [6.45, 7) is 0.144. The monoisotopic (exact) mass is 217 g/mol. The summed E-state index contributed by atoms with van der Waals surface area (Å²) < 4.78 is 9.96. The Hall–Kier alpha value is -1.13. The van der Waals surface area contributed by atoms with Crippen LogP contribution < -0.4 is 15.2 Å². The van der Waals surface area contributed by atoms with Gasteiger partial charge in [-0.1, -0.05) is 11.6 Å². The molecule has 0 amide bonds. The summed E-state index contributed by atoms with van der Waals surface area (Å²) in [5, 5.41) is 10.1. The van der Waals surface area contributed by atoms with Crippen LogP contribution in [0.3, 0.4) is 0 Å². The second kappa shape index (κ2) is 4.39. The first-order valence-corrected chi connectivity index (χ1v) is 4.35. The Morgan fingerprint density at radius 2 is 2.07 bits per heavy atom. The molecule has 0 aliphatic carbocycles. The van der Waals surface area contributed by atoms with Gasteiger partial charge in [0.25, 0.3) is 0 Å². The van der Waals surface area contributed by atoms with Gasteiger partial charge in [-0.3, -0.25) is 0 Å². The molecule has 0 saturated heterocycles. The first kappa shape index (κ1) is 10.9. The molecule has 78 valence electrons. The molecule has 14 heavy (non-hydrogen) atoms. The number of halogens is 1. The molecule has 0 fully saturated rings. The molecule has 1 aromatic rings. The van der Waals surface area contributed by atoms with Crippen molar-refractivity contribution in [3.8, 4) is 17.2 Å². The number of phenols is 1. The van der Waals surface area contributed by atoms with Crippen molar-refractivity contribution in [2.24, 2.45) is 5.73 Å². The van der Waals surface area contributed by atoms with Gasteiger partial charge in [0.15, 0.2) is 11.5 Å². The van der Waals surface area contributed by atoms with Crippen LogP contribution in [0.2, 0.25) is 5.02 Å². The Kier molecular flexibility index (Phi) is 3.43. The van der Waals surface area contributed by atoms with E-state index in [4.69, 9.17) is 26.8 Å². The van der Waals surface area contributed by atoms with E-state index >= 15 is 0 Å². The van der Waals surface area contributed by atoms with E-state index in [1.165, 1.54) is 14.2 Å². The van der Waals surface area contributed by atoms with Crippen molar-refractivity contribution < 1.29 is 14.6 Å². The van der Waals surface area contributed by atoms with Gasteiger partial charge in [-0.2, -0.15) is 0 Å². The minimum absolute atomic E-state index is 0.0700. The molecule has 4 nitrogen and oxygen atoms in total. The quantitative estimate of drug-likeness (QED) is 0.806. The minimum atomic E-state index is -0.0700. The Morgan fingerprint density at radius 1 is 1.43 bits per heavy atom. The van der Waals surface area contributed by atoms with E-state index in [-0.39, 0.29) is 18.0 Å². The summed E-state index contributed by atoms with van der Waals surface area (Å²) in [6, 6.07) is 1.56. The van der Waals surface area contributed by atoms with E-state index in [1.54, 1.807) is 6.07 Å². The lowest BCUT2D eigenvalue weighted by Crippen LogP contribution is -2.00. The van der Waals surface area contributed by atoms with Crippen LogP contribution in [0.4, 0.5) is 0 Å². The molecule has 0 aromatic heterocycles. The highest BCUT2D eigenvalue weighted by Crippen LogP contribution is 2.42. The highest BCUT2D eigenvalue weighted by atomic mass is 35.5. The summed E-state index contributed by atoms with van der Waals surface area (Å²) in [7, 11) is 2.90. The second-order valence-electron chi connectivity index (χ2n) is 2.63. The molecule has 0 spiro atoms. The number of ether oxygens (including phenoxy) is 2. The number of aromatic hydroxyl groups is 1. The predicted molar refractivity (Wildman–Crippen MR) is 54.1 cm³/mol. The third-order valence-electron chi connectivity index (χ3n) is 1.90. The second-order valence-corrected chi connectivity index (χ2v) is 3.03. The normalized spacial score (nSPS) is 10.0. The molecule has 0 saturated carbocycles. The van der Waals surface area contributed by atoms with Crippen molar-refractivity contribution in [1.29, 1.82) is 0 Å². The molecule has 0 radical (unpaired) electrons. The van der Waals surface area contributed by atoms with E-state index in [1.807, 2.05) is 0 Å². The topological polar surface area (TPSA) is 64.7 Å². The van der Waals surface area contributed by atoms with E-state index < -0.39 is 0 Å². The molecule has 0 aliphatic rings. The fourth-order valence-corrected chi connectivity index (χ4v) is 1.44. The van der Waals surface area contributed by atoms with E-state index in [2.05, 4.69) is 0 Å². The number of phenolic OH excluding ortho intramolecular Hbond substituents is 1. The van der Waals surface area contributed by atoms with Crippen molar-refractivity contribution in [2.75, 3.05) is 14.2 Å². The zero-order valence-corrected chi connectivity index (χ0v) is 8.76. The van der Waals surface area contributed by atoms with Crippen LogP contribution in [0, 0.1) is 0 Å². The lowest BCUT2D eigenvalue weighted by atomic mass is 10.1. The Bertz CT molecular complexity index is 341. The standard InChI is InChI=1S/C9H12ClNO3/c1-13-7-3-6(10)5(4-11)8(12)9(7)14-2/h3,12H,4,11H2,1-2H3. The van der Waals surface area contributed by atoms with Gasteiger partial charge in [-0.25, -0.2) is 0 Å². The lowest BCUT2D eigenvalue weighted by molar-refractivity contribution is 0.331. The SMILES string of the molecule is COc1cc(Cl)c(CN)c(O)c1OC. The predicted octanol–water partition coefficient (Wildman–Crippen LogP) is 1.52. The summed E-state index contributed by atoms with van der Waals surface area (Å²) in [6.07, 6.45) is 0. The Morgan fingerprint density at radius 3 is 2.50 bits per heavy atom. The smallest absolute Gasteiger partial charge is 0.203 e. The molecule has 5 heteroatoms. The van der Waals surface area contributed by atoms with Crippen LogP contribution in [0.1, 0.15) is 5.56 Å². The van der Waals surface area contributed by atoms with Gasteiger partial charge in [0.2, 0.25) is 5.75 Å². The molecule has 0 aliphatic heterocycles. The van der Waals surface area contributed by atoms with Crippen LogP contribution in [0.15, 0.2) is 6.07 Å². The van der Waals surface area contributed by atoms with Crippen molar-refractivity contribution in [3.63, 3.8) is 0 Å². The zero-order chi connectivity index (χ0) is 10.7. The molecular weight excluding hydrogens is 206 g/mol. The number of hydrogen-bond donors (Lipinski definition) is 2. The fraction of sp³-hybridized carbons (Fsp3) is 0.333. The number of benzene rings is 1. The van der Waals surface area contributed by atoms with Crippen LogP contribution in [-0.2, 0) is 6.54 Å². The van der Waals surface area contributed by atoms with Crippen molar-refractivity contribution in [2.45, 2.75) is 6.54 Å². The zero-order valence-electron chi connectivity index (χ0n) is 8.00.